The Labute approximate surface area is 96.2 Å². The fraction of sp³-hybridized carbons (Fsp3) is 0.455. The predicted octanol–water partition coefficient (Wildman–Crippen LogP) is 2.26. The second-order valence-corrected chi connectivity index (χ2v) is 3.92. The van der Waals surface area contributed by atoms with Gasteiger partial charge in [-0.15, -0.1) is 0 Å². The van der Waals surface area contributed by atoms with E-state index in [1.165, 1.54) is 19.2 Å². The molecule has 94 valence electrons. The number of alkyl halides is 3. The molecule has 1 heterocycles. The molecule has 0 radical (unpaired) electrons. The molecule has 0 aromatic heterocycles. The summed E-state index contributed by atoms with van der Waals surface area (Å²) in [7, 11) is 1.37. The highest BCUT2D eigenvalue weighted by molar-refractivity contribution is 5.65. The van der Waals surface area contributed by atoms with Crippen molar-refractivity contribution >= 4 is 5.69 Å². The molecule has 0 aliphatic carbocycles. The minimum atomic E-state index is -4.70. The number of fused-ring (bicyclic) bond motifs is 1. The Balaban J connectivity index is 2.60. The molecule has 3 nitrogen and oxygen atoms in total. The molecule has 1 aromatic rings. The van der Waals surface area contributed by atoms with Gasteiger partial charge in [-0.1, -0.05) is 12.1 Å². The van der Waals surface area contributed by atoms with Crippen molar-refractivity contribution in [2.45, 2.75) is 18.2 Å². The highest BCUT2D eigenvalue weighted by Gasteiger charge is 2.56. The van der Waals surface area contributed by atoms with Crippen LogP contribution in [0.1, 0.15) is 12.0 Å². The Hall–Kier alpha value is -1.43. The molecule has 2 rings (SSSR count). The lowest BCUT2D eigenvalue weighted by atomic mass is 9.85. The third kappa shape index (κ3) is 1.72. The van der Waals surface area contributed by atoms with Gasteiger partial charge in [0.15, 0.2) is 5.60 Å². The summed E-state index contributed by atoms with van der Waals surface area (Å²) in [6.07, 6.45) is -5.10. The van der Waals surface area contributed by atoms with Crippen LogP contribution in [0.15, 0.2) is 18.2 Å². The number of nitrogens with one attached hydrogen (secondary N) is 1. The topological polar surface area (TPSA) is 41.5 Å². The summed E-state index contributed by atoms with van der Waals surface area (Å²) in [4.78, 5) is 0. The minimum absolute atomic E-state index is 0.0450. The number of aliphatic hydroxyl groups is 1. The molecule has 0 spiro atoms. The zero-order chi connectivity index (χ0) is 12.7. The van der Waals surface area contributed by atoms with Gasteiger partial charge in [0.2, 0.25) is 0 Å². The molecule has 0 amide bonds. The van der Waals surface area contributed by atoms with Crippen LogP contribution in [0.5, 0.6) is 5.75 Å². The Morgan fingerprint density at radius 3 is 2.71 bits per heavy atom. The molecule has 1 aromatic carbocycles. The summed E-state index contributed by atoms with van der Waals surface area (Å²) in [6.45, 7) is 0.0450. The second kappa shape index (κ2) is 3.80. The van der Waals surface area contributed by atoms with Crippen molar-refractivity contribution in [2.75, 3.05) is 19.0 Å². The quantitative estimate of drug-likeness (QED) is 0.799. The molecule has 1 aliphatic heterocycles. The van der Waals surface area contributed by atoms with Crippen molar-refractivity contribution in [3.8, 4) is 5.75 Å². The van der Waals surface area contributed by atoms with Crippen molar-refractivity contribution in [1.29, 1.82) is 0 Å². The molecule has 0 saturated heterocycles. The van der Waals surface area contributed by atoms with Crippen LogP contribution in [-0.4, -0.2) is 24.9 Å². The van der Waals surface area contributed by atoms with E-state index in [1.54, 1.807) is 6.07 Å². The third-order valence-corrected chi connectivity index (χ3v) is 2.95. The van der Waals surface area contributed by atoms with E-state index in [9.17, 15) is 18.3 Å². The van der Waals surface area contributed by atoms with Crippen LogP contribution in [0.4, 0.5) is 18.9 Å². The molecule has 1 atom stereocenters. The van der Waals surface area contributed by atoms with E-state index in [2.05, 4.69) is 5.32 Å². The van der Waals surface area contributed by atoms with Gasteiger partial charge < -0.3 is 15.2 Å². The maximum atomic E-state index is 12.9. The smallest absolute Gasteiger partial charge is 0.421 e. The van der Waals surface area contributed by atoms with Gasteiger partial charge in [0.05, 0.1) is 12.8 Å². The van der Waals surface area contributed by atoms with Crippen molar-refractivity contribution in [3.05, 3.63) is 23.8 Å². The Bertz CT molecular complexity index is 433. The first kappa shape index (κ1) is 12.0. The van der Waals surface area contributed by atoms with Crippen LogP contribution < -0.4 is 10.1 Å². The number of methoxy groups -OCH3 is 1. The first-order valence-corrected chi connectivity index (χ1v) is 5.10. The average molecular weight is 247 g/mol. The number of halogens is 3. The van der Waals surface area contributed by atoms with Crippen LogP contribution in [0.25, 0.3) is 0 Å². The summed E-state index contributed by atoms with van der Waals surface area (Å²) in [5.41, 5.74) is -2.78. The maximum absolute atomic E-state index is 12.9. The minimum Gasteiger partial charge on any atom is -0.495 e. The lowest BCUT2D eigenvalue weighted by Crippen LogP contribution is -2.46. The van der Waals surface area contributed by atoms with Crippen LogP contribution in [0.3, 0.4) is 0 Å². The van der Waals surface area contributed by atoms with Gasteiger partial charge in [-0.05, 0) is 6.07 Å². The zero-order valence-corrected chi connectivity index (χ0v) is 9.14. The Morgan fingerprint density at radius 2 is 2.12 bits per heavy atom. The summed E-state index contributed by atoms with van der Waals surface area (Å²) < 4.78 is 43.7. The van der Waals surface area contributed by atoms with Crippen molar-refractivity contribution in [3.63, 3.8) is 0 Å². The summed E-state index contributed by atoms with van der Waals surface area (Å²) in [5.74, 6) is 0.296. The largest absolute Gasteiger partial charge is 0.495 e. The first-order valence-electron chi connectivity index (χ1n) is 5.10. The summed E-state index contributed by atoms with van der Waals surface area (Å²) in [5, 5.41) is 12.7. The van der Waals surface area contributed by atoms with E-state index in [0.29, 0.717) is 5.75 Å². The molecule has 1 unspecified atom stereocenters. The van der Waals surface area contributed by atoms with E-state index < -0.39 is 18.2 Å². The van der Waals surface area contributed by atoms with Gasteiger partial charge >= 0.3 is 6.18 Å². The van der Waals surface area contributed by atoms with E-state index in [0.717, 1.165) is 0 Å². The first-order chi connectivity index (χ1) is 7.90. The molecular weight excluding hydrogens is 235 g/mol. The fourth-order valence-electron chi connectivity index (χ4n) is 2.03. The lowest BCUT2D eigenvalue weighted by Gasteiger charge is -2.36. The maximum Gasteiger partial charge on any atom is 0.421 e. The van der Waals surface area contributed by atoms with Gasteiger partial charge in [0.25, 0.3) is 0 Å². The number of ether oxygens (including phenoxy) is 1. The van der Waals surface area contributed by atoms with Crippen LogP contribution in [-0.2, 0) is 5.60 Å². The van der Waals surface area contributed by atoms with Crippen molar-refractivity contribution in [1.82, 2.24) is 0 Å². The second-order valence-electron chi connectivity index (χ2n) is 3.92. The molecule has 0 saturated carbocycles. The average Bonchev–Trinajstić information content (AvgIpc) is 2.27. The number of rotatable bonds is 1. The highest BCUT2D eigenvalue weighted by atomic mass is 19.4. The number of benzene rings is 1. The highest BCUT2D eigenvalue weighted by Crippen LogP contribution is 2.48. The van der Waals surface area contributed by atoms with Gasteiger partial charge in [0, 0.05) is 18.5 Å². The van der Waals surface area contributed by atoms with Gasteiger partial charge in [-0.2, -0.15) is 13.2 Å². The van der Waals surface area contributed by atoms with Crippen LogP contribution >= 0.6 is 0 Å². The standard InChI is InChI=1S/C11H12F3NO2/c1-17-8-4-2-3-7-9(8)15-6-5-10(7,16)11(12,13)14/h2-4,15-16H,5-6H2,1H3. The van der Waals surface area contributed by atoms with E-state index in [1.807, 2.05) is 0 Å². The number of para-hydroxylation sites is 1. The lowest BCUT2D eigenvalue weighted by molar-refractivity contribution is -0.268. The number of hydrogen-bond acceptors (Lipinski definition) is 3. The molecule has 2 N–H and O–H groups in total. The summed E-state index contributed by atoms with van der Waals surface area (Å²) >= 11 is 0. The molecule has 0 fully saturated rings. The Kier molecular flexibility index (Phi) is 2.69. The van der Waals surface area contributed by atoms with E-state index in [4.69, 9.17) is 4.74 Å². The molecule has 0 bridgehead atoms. The summed E-state index contributed by atoms with van der Waals surface area (Å²) in [6, 6.07) is 4.24. The van der Waals surface area contributed by atoms with Crippen molar-refractivity contribution in [2.24, 2.45) is 0 Å². The van der Waals surface area contributed by atoms with E-state index >= 15 is 0 Å². The molecular formula is C11H12F3NO2. The monoisotopic (exact) mass is 247 g/mol. The van der Waals surface area contributed by atoms with E-state index in [-0.39, 0.29) is 17.8 Å². The van der Waals surface area contributed by atoms with Crippen LogP contribution in [0.2, 0.25) is 0 Å². The molecule has 6 heteroatoms. The SMILES string of the molecule is COc1cccc2c1NCCC2(O)C(F)(F)F. The number of hydrogen-bond donors (Lipinski definition) is 2. The third-order valence-electron chi connectivity index (χ3n) is 2.95. The van der Waals surface area contributed by atoms with Crippen LogP contribution in [0, 0.1) is 0 Å². The van der Waals surface area contributed by atoms with Gasteiger partial charge in [-0.25, -0.2) is 0 Å². The van der Waals surface area contributed by atoms with Gasteiger partial charge in [-0.3, -0.25) is 0 Å². The molecule has 17 heavy (non-hydrogen) atoms. The normalized spacial score (nSPS) is 23.8. The van der Waals surface area contributed by atoms with Crippen molar-refractivity contribution < 1.29 is 23.0 Å². The predicted molar refractivity (Wildman–Crippen MR) is 56.1 cm³/mol. The zero-order valence-electron chi connectivity index (χ0n) is 9.14. The number of anilines is 1. The van der Waals surface area contributed by atoms with Gasteiger partial charge in [0.1, 0.15) is 5.75 Å². The fourth-order valence-corrected chi connectivity index (χ4v) is 2.03. The molecule has 1 aliphatic rings. The Morgan fingerprint density at radius 1 is 1.41 bits per heavy atom.